The lowest BCUT2D eigenvalue weighted by atomic mass is 10.1. The predicted molar refractivity (Wildman–Crippen MR) is 83.2 cm³/mol. The maximum atomic E-state index is 12.4. The Balaban J connectivity index is 2.02. The number of hydrogen-bond acceptors (Lipinski definition) is 5. The molecule has 0 saturated heterocycles. The van der Waals surface area contributed by atoms with Gasteiger partial charge in [-0.1, -0.05) is 0 Å². The number of esters is 1. The summed E-state index contributed by atoms with van der Waals surface area (Å²) in [6, 6.07) is 5.15. The summed E-state index contributed by atoms with van der Waals surface area (Å²) in [5, 5.41) is 0.545. The van der Waals surface area contributed by atoms with E-state index in [-0.39, 0.29) is 11.4 Å². The number of fused-ring (bicyclic) bond motifs is 1. The summed E-state index contributed by atoms with van der Waals surface area (Å²) < 4.78 is 15.5. The lowest BCUT2D eigenvalue weighted by Crippen LogP contribution is -2.09. The molecule has 0 spiro atoms. The van der Waals surface area contributed by atoms with Crippen molar-refractivity contribution in [1.29, 1.82) is 0 Å². The van der Waals surface area contributed by atoms with Gasteiger partial charge >= 0.3 is 5.97 Å². The van der Waals surface area contributed by atoms with Crippen molar-refractivity contribution < 1.29 is 18.7 Å². The molecule has 1 aromatic heterocycles. The van der Waals surface area contributed by atoms with Crippen LogP contribution in [0.3, 0.4) is 0 Å². The molecule has 0 fully saturated rings. The largest absolute Gasteiger partial charge is 0.497 e. The minimum Gasteiger partial charge on any atom is -0.497 e. The zero-order valence-electron chi connectivity index (χ0n) is 12.9. The normalized spacial score (nSPS) is 10.6. The molecular formula is C17H20O5. The number of hydrogen-bond donors (Lipinski definition) is 0. The van der Waals surface area contributed by atoms with Crippen LogP contribution in [0.4, 0.5) is 0 Å². The fourth-order valence-electron chi connectivity index (χ4n) is 2.27. The number of methoxy groups -OCH3 is 1. The van der Waals surface area contributed by atoms with E-state index in [0.717, 1.165) is 6.42 Å². The number of carbonyl (C=O) groups is 1. The van der Waals surface area contributed by atoms with Crippen LogP contribution in [0, 0.1) is 0 Å². The molecule has 5 heteroatoms. The molecule has 0 saturated carbocycles. The first-order chi connectivity index (χ1) is 10.7. The summed E-state index contributed by atoms with van der Waals surface area (Å²) in [5.41, 5.74) is 1.11. The summed E-state index contributed by atoms with van der Waals surface area (Å²) in [6.45, 7) is 2.18. The molecule has 0 unspecified atom stereocenters. The van der Waals surface area contributed by atoms with Crippen molar-refractivity contribution in [2.24, 2.45) is 0 Å². The van der Waals surface area contributed by atoms with Gasteiger partial charge in [0, 0.05) is 18.1 Å². The van der Waals surface area contributed by atoms with Crippen molar-refractivity contribution in [2.75, 3.05) is 13.7 Å². The zero-order chi connectivity index (χ0) is 15.9. The van der Waals surface area contributed by atoms with Crippen LogP contribution in [0.25, 0.3) is 11.0 Å². The van der Waals surface area contributed by atoms with E-state index < -0.39 is 0 Å². The van der Waals surface area contributed by atoms with Gasteiger partial charge in [0.1, 0.15) is 11.3 Å². The average molecular weight is 304 g/mol. The molecular weight excluding hydrogens is 284 g/mol. The topological polar surface area (TPSA) is 65.7 Å². The van der Waals surface area contributed by atoms with Crippen LogP contribution in [0.5, 0.6) is 5.75 Å². The van der Waals surface area contributed by atoms with Gasteiger partial charge in [0.2, 0.25) is 0 Å². The second-order valence-corrected chi connectivity index (χ2v) is 4.96. The first kappa shape index (κ1) is 16.1. The highest BCUT2D eigenvalue weighted by atomic mass is 16.5. The Morgan fingerprint density at radius 1 is 1.27 bits per heavy atom. The van der Waals surface area contributed by atoms with Gasteiger partial charge in [-0.3, -0.25) is 9.59 Å². The highest BCUT2D eigenvalue weighted by molar-refractivity contribution is 5.78. The third-order valence-electron chi connectivity index (χ3n) is 3.44. The van der Waals surface area contributed by atoms with E-state index >= 15 is 0 Å². The molecule has 0 radical (unpaired) electrons. The van der Waals surface area contributed by atoms with Crippen LogP contribution in [0.2, 0.25) is 0 Å². The summed E-state index contributed by atoms with van der Waals surface area (Å²) in [6.07, 6.45) is 3.90. The maximum Gasteiger partial charge on any atom is 0.305 e. The Bertz CT molecular complexity index is 702. The van der Waals surface area contributed by atoms with Crippen molar-refractivity contribution in [2.45, 2.75) is 32.6 Å². The lowest BCUT2D eigenvalue weighted by molar-refractivity contribution is -0.143. The van der Waals surface area contributed by atoms with Crippen molar-refractivity contribution in [1.82, 2.24) is 0 Å². The van der Waals surface area contributed by atoms with Gasteiger partial charge < -0.3 is 13.9 Å². The predicted octanol–water partition coefficient (Wildman–Crippen LogP) is 3.08. The standard InChI is InChI=1S/C17H20O5/c1-3-21-16(18)7-5-4-6-12-11-22-15-10-13(20-2)8-9-14(15)17(12)19/h8-11H,3-7H2,1-2H3. The second-order valence-electron chi connectivity index (χ2n) is 4.96. The van der Waals surface area contributed by atoms with Gasteiger partial charge in [0.15, 0.2) is 5.43 Å². The van der Waals surface area contributed by atoms with Crippen LogP contribution in [0.1, 0.15) is 31.7 Å². The molecule has 0 bridgehead atoms. The molecule has 0 amide bonds. The van der Waals surface area contributed by atoms with E-state index in [9.17, 15) is 9.59 Å². The number of aryl methyl sites for hydroxylation is 1. The van der Waals surface area contributed by atoms with Crippen LogP contribution < -0.4 is 10.2 Å². The molecule has 0 aliphatic carbocycles. The number of ether oxygens (including phenoxy) is 2. The van der Waals surface area contributed by atoms with E-state index in [1.807, 2.05) is 0 Å². The molecule has 2 aromatic rings. The Hall–Kier alpha value is -2.30. The number of rotatable bonds is 7. The molecule has 1 aromatic carbocycles. The quantitative estimate of drug-likeness (QED) is 0.581. The molecule has 0 aliphatic rings. The summed E-state index contributed by atoms with van der Waals surface area (Å²) in [7, 11) is 1.57. The number of carbonyl (C=O) groups excluding carboxylic acids is 1. The molecule has 0 atom stereocenters. The summed E-state index contributed by atoms with van der Waals surface area (Å²) in [5.74, 6) is 0.456. The lowest BCUT2D eigenvalue weighted by Gasteiger charge is -2.04. The van der Waals surface area contributed by atoms with Gasteiger partial charge in [0.25, 0.3) is 0 Å². The van der Waals surface area contributed by atoms with Crippen molar-refractivity contribution in [3.63, 3.8) is 0 Å². The number of benzene rings is 1. The molecule has 22 heavy (non-hydrogen) atoms. The first-order valence-corrected chi connectivity index (χ1v) is 7.39. The Morgan fingerprint density at radius 2 is 2.09 bits per heavy atom. The minimum atomic E-state index is -0.194. The SMILES string of the molecule is CCOC(=O)CCCCc1coc2cc(OC)ccc2c1=O. The monoisotopic (exact) mass is 304 g/mol. The van der Waals surface area contributed by atoms with E-state index in [1.54, 1.807) is 32.2 Å². The van der Waals surface area contributed by atoms with E-state index in [2.05, 4.69) is 0 Å². The molecule has 0 N–H and O–H groups in total. The van der Waals surface area contributed by atoms with Gasteiger partial charge in [-0.25, -0.2) is 0 Å². The van der Waals surface area contributed by atoms with Gasteiger partial charge in [-0.2, -0.15) is 0 Å². The third kappa shape index (κ3) is 3.87. The van der Waals surface area contributed by atoms with Crippen molar-refractivity contribution in [3.8, 4) is 5.75 Å². The Kier molecular flexibility index (Phi) is 5.58. The molecule has 1 heterocycles. The van der Waals surface area contributed by atoms with E-state index in [4.69, 9.17) is 13.9 Å². The fourth-order valence-corrected chi connectivity index (χ4v) is 2.27. The first-order valence-electron chi connectivity index (χ1n) is 7.39. The van der Waals surface area contributed by atoms with Gasteiger partial charge in [-0.05, 0) is 38.3 Å². The summed E-state index contributed by atoms with van der Waals surface area (Å²) >= 11 is 0. The average Bonchev–Trinajstić information content (AvgIpc) is 2.53. The number of unbranched alkanes of at least 4 members (excludes halogenated alkanes) is 1. The van der Waals surface area contributed by atoms with Crippen molar-refractivity contribution in [3.05, 3.63) is 40.2 Å². The minimum absolute atomic E-state index is 0.0277. The second kappa shape index (κ2) is 7.64. The molecule has 0 aliphatic heterocycles. The highest BCUT2D eigenvalue weighted by Crippen LogP contribution is 2.19. The molecule has 5 nitrogen and oxygen atoms in total. The van der Waals surface area contributed by atoms with Gasteiger partial charge in [-0.15, -0.1) is 0 Å². The van der Waals surface area contributed by atoms with E-state index in [0.29, 0.717) is 48.2 Å². The van der Waals surface area contributed by atoms with Gasteiger partial charge in [0.05, 0.1) is 25.4 Å². The van der Waals surface area contributed by atoms with Crippen LogP contribution in [0.15, 0.2) is 33.7 Å². The van der Waals surface area contributed by atoms with Crippen molar-refractivity contribution >= 4 is 16.9 Å². The molecule has 2 rings (SSSR count). The third-order valence-corrected chi connectivity index (χ3v) is 3.44. The maximum absolute atomic E-state index is 12.4. The summed E-state index contributed by atoms with van der Waals surface area (Å²) in [4.78, 5) is 23.6. The van der Waals surface area contributed by atoms with Crippen LogP contribution in [-0.4, -0.2) is 19.7 Å². The highest BCUT2D eigenvalue weighted by Gasteiger charge is 2.08. The zero-order valence-corrected chi connectivity index (χ0v) is 12.9. The molecule has 118 valence electrons. The fraction of sp³-hybridized carbons (Fsp3) is 0.412. The van der Waals surface area contributed by atoms with Crippen LogP contribution >= 0.6 is 0 Å². The Morgan fingerprint density at radius 3 is 2.82 bits per heavy atom. The van der Waals surface area contributed by atoms with Crippen LogP contribution in [-0.2, 0) is 16.0 Å². The van der Waals surface area contributed by atoms with E-state index in [1.165, 1.54) is 6.26 Å². The Labute approximate surface area is 128 Å². The smallest absolute Gasteiger partial charge is 0.305 e.